The van der Waals surface area contributed by atoms with E-state index in [0.29, 0.717) is 0 Å². The zero-order valence-electron chi connectivity index (χ0n) is 6.12. The lowest BCUT2D eigenvalue weighted by atomic mass is 10.2. The highest BCUT2D eigenvalue weighted by Crippen LogP contribution is 2.17. The number of carbonyl (C=O) groups is 1. The van der Waals surface area contributed by atoms with Crippen molar-refractivity contribution in [2.45, 2.75) is 6.42 Å². The molecule has 0 amide bonds. The van der Waals surface area contributed by atoms with E-state index in [2.05, 4.69) is 6.08 Å². The molecule has 0 aromatic heterocycles. The highest BCUT2D eigenvalue weighted by molar-refractivity contribution is 7.99. The van der Waals surface area contributed by atoms with Crippen molar-refractivity contribution in [2.24, 2.45) is 0 Å². The minimum Gasteiger partial charge on any atom is -0.478 e. The number of hydrogen-bond donors (Lipinski definition) is 1. The Balaban J connectivity index is 2.47. The van der Waals surface area contributed by atoms with E-state index < -0.39 is 5.97 Å². The van der Waals surface area contributed by atoms with Crippen LogP contribution in [0.2, 0.25) is 0 Å². The molecule has 0 radical (unpaired) electrons. The number of allylic oxidation sites excluding steroid dienone is 2. The Hall–Kier alpha value is -0.700. The van der Waals surface area contributed by atoms with Gasteiger partial charge in [0.15, 0.2) is 0 Å². The number of thioether (sulfide) groups is 1. The Bertz CT molecular complexity index is 206. The van der Waals surface area contributed by atoms with Crippen LogP contribution in [-0.2, 0) is 4.79 Å². The normalized spacial score (nSPS) is 18.4. The van der Waals surface area contributed by atoms with E-state index in [1.807, 2.05) is 11.8 Å². The minimum absolute atomic E-state index is 0.874. The Kier molecular flexibility index (Phi) is 3.23. The number of carboxylic acids is 1. The molecule has 60 valence electrons. The predicted octanol–water partition coefficient (Wildman–Crippen LogP) is 1.69. The fraction of sp³-hybridized carbons (Fsp3) is 0.375. The zero-order valence-corrected chi connectivity index (χ0v) is 6.93. The van der Waals surface area contributed by atoms with Gasteiger partial charge in [-0.3, -0.25) is 0 Å². The molecule has 1 rings (SSSR count). The first kappa shape index (κ1) is 8.40. The molecule has 1 N–H and O–H groups in total. The van der Waals surface area contributed by atoms with E-state index in [9.17, 15) is 4.79 Å². The summed E-state index contributed by atoms with van der Waals surface area (Å²) in [6.07, 6.45) is 6.02. The predicted molar refractivity (Wildman–Crippen MR) is 46.8 cm³/mol. The molecule has 2 nitrogen and oxygen atoms in total. The molecule has 11 heavy (non-hydrogen) atoms. The molecule has 0 spiro atoms. The SMILES string of the molecule is O=C(O)C=CC1=CCCSC1. The van der Waals surface area contributed by atoms with E-state index in [4.69, 9.17) is 5.11 Å². The zero-order chi connectivity index (χ0) is 8.10. The molecule has 1 aliphatic rings. The topological polar surface area (TPSA) is 37.3 Å². The first-order chi connectivity index (χ1) is 5.29. The summed E-state index contributed by atoms with van der Waals surface area (Å²) < 4.78 is 0. The van der Waals surface area contributed by atoms with Crippen molar-refractivity contribution < 1.29 is 9.90 Å². The van der Waals surface area contributed by atoms with Crippen LogP contribution in [0.3, 0.4) is 0 Å². The summed E-state index contributed by atoms with van der Waals surface area (Å²) in [5.74, 6) is 1.23. The van der Waals surface area contributed by atoms with Gasteiger partial charge in [0, 0.05) is 11.8 Å². The van der Waals surface area contributed by atoms with E-state index in [1.165, 1.54) is 6.08 Å². The summed E-state index contributed by atoms with van der Waals surface area (Å²) in [4.78, 5) is 10.1. The molecular weight excluding hydrogens is 160 g/mol. The van der Waals surface area contributed by atoms with E-state index in [-0.39, 0.29) is 0 Å². The van der Waals surface area contributed by atoms with Crippen molar-refractivity contribution in [3.63, 3.8) is 0 Å². The van der Waals surface area contributed by atoms with Crippen molar-refractivity contribution in [3.8, 4) is 0 Å². The number of carboxylic acid groups (broad SMARTS) is 1. The van der Waals surface area contributed by atoms with Crippen LogP contribution < -0.4 is 0 Å². The van der Waals surface area contributed by atoms with Crippen molar-refractivity contribution in [2.75, 3.05) is 11.5 Å². The summed E-state index contributed by atoms with van der Waals surface area (Å²) in [7, 11) is 0. The third-order valence-corrected chi connectivity index (χ3v) is 2.44. The molecule has 0 aliphatic carbocycles. The molecule has 0 saturated carbocycles. The summed E-state index contributed by atoms with van der Waals surface area (Å²) in [6, 6.07) is 0. The summed E-state index contributed by atoms with van der Waals surface area (Å²) in [5, 5.41) is 8.32. The second-order valence-corrected chi connectivity index (χ2v) is 3.40. The average molecular weight is 170 g/mol. The summed E-state index contributed by atoms with van der Waals surface area (Å²) >= 11 is 1.84. The van der Waals surface area contributed by atoms with Crippen LogP contribution in [0.25, 0.3) is 0 Å². The molecule has 0 bridgehead atoms. The molecule has 0 fully saturated rings. The van der Waals surface area contributed by atoms with Gasteiger partial charge in [0.05, 0.1) is 0 Å². The number of rotatable bonds is 2. The third-order valence-electron chi connectivity index (χ3n) is 1.38. The quantitative estimate of drug-likeness (QED) is 0.641. The standard InChI is InChI=1S/C8H10O2S/c9-8(10)4-3-7-2-1-5-11-6-7/h2-4H,1,5-6H2,(H,9,10). The van der Waals surface area contributed by atoms with Gasteiger partial charge in [-0.1, -0.05) is 12.2 Å². The minimum atomic E-state index is -0.874. The molecule has 0 atom stereocenters. The maximum atomic E-state index is 10.1. The van der Waals surface area contributed by atoms with Crippen molar-refractivity contribution in [1.29, 1.82) is 0 Å². The van der Waals surface area contributed by atoms with Crippen molar-refractivity contribution in [1.82, 2.24) is 0 Å². The van der Waals surface area contributed by atoms with E-state index in [1.54, 1.807) is 6.08 Å². The first-order valence-electron chi connectivity index (χ1n) is 3.47. The Morgan fingerprint density at radius 1 is 1.73 bits per heavy atom. The van der Waals surface area contributed by atoms with Crippen LogP contribution in [0, 0.1) is 0 Å². The molecule has 1 aliphatic heterocycles. The Labute approximate surface area is 70.0 Å². The second kappa shape index (κ2) is 4.23. The Morgan fingerprint density at radius 2 is 2.55 bits per heavy atom. The molecular formula is C8H10O2S. The summed E-state index contributed by atoms with van der Waals surface area (Å²) in [5.41, 5.74) is 1.13. The van der Waals surface area contributed by atoms with Gasteiger partial charge in [-0.05, 0) is 17.7 Å². The third kappa shape index (κ3) is 3.28. The number of hydrogen-bond acceptors (Lipinski definition) is 2. The van der Waals surface area contributed by atoms with E-state index >= 15 is 0 Å². The lowest BCUT2D eigenvalue weighted by Gasteiger charge is -2.07. The molecule has 3 heteroatoms. The van der Waals surface area contributed by atoms with Crippen LogP contribution >= 0.6 is 11.8 Å². The van der Waals surface area contributed by atoms with Crippen LogP contribution in [0.15, 0.2) is 23.8 Å². The monoisotopic (exact) mass is 170 g/mol. The highest BCUT2D eigenvalue weighted by atomic mass is 32.2. The van der Waals surface area contributed by atoms with Gasteiger partial charge in [0.1, 0.15) is 0 Å². The lowest BCUT2D eigenvalue weighted by Crippen LogP contribution is -1.94. The fourth-order valence-electron chi connectivity index (χ4n) is 0.871. The molecule has 0 saturated heterocycles. The Morgan fingerprint density at radius 3 is 3.09 bits per heavy atom. The van der Waals surface area contributed by atoms with Gasteiger partial charge in [0.2, 0.25) is 0 Å². The van der Waals surface area contributed by atoms with Gasteiger partial charge >= 0.3 is 5.97 Å². The van der Waals surface area contributed by atoms with Crippen molar-refractivity contribution >= 4 is 17.7 Å². The summed E-state index contributed by atoms with van der Waals surface area (Å²) in [6.45, 7) is 0. The lowest BCUT2D eigenvalue weighted by molar-refractivity contribution is -0.131. The van der Waals surface area contributed by atoms with Gasteiger partial charge < -0.3 is 5.11 Å². The van der Waals surface area contributed by atoms with Gasteiger partial charge in [-0.15, -0.1) is 0 Å². The number of aliphatic carboxylic acids is 1. The molecule has 0 aromatic rings. The fourth-order valence-corrected chi connectivity index (χ4v) is 1.75. The molecule has 0 aromatic carbocycles. The first-order valence-corrected chi connectivity index (χ1v) is 4.62. The second-order valence-electron chi connectivity index (χ2n) is 2.29. The average Bonchev–Trinajstić information content (AvgIpc) is 2.03. The van der Waals surface area contributed by atoms with E-state index in [0.717, 1.165) is 23.5 Å². The highest BCUT2D eigenvalue weighted by Gasteiger charge is 1.99. The van der Waals surface area contributed by atoms with Gasteiger partial charge in [-0.2, -0.15) is 11.8 Å². The van der Waals surface area contributed by atoms with Crippen LogP contribution in [0.4, 0.5) is 0 Å². The maximum Gasteiger partial charge on any atom is 0.328 e. The van der Waals surface area contributed by atoms with Crippen LogP contribution in [0.1, 0.15) is 6.42 Å². The largest absolute Gasteiger partial charge is 0.478 e. The van der Waals surface area contributed by atoms with Crippen LogP contribution in [0.5, 0.6) is 0 Å². The maximum absolute atomic E-state index is 10.1. The van der Waals surface area contributed by atoms with Crippen LogP contribution in [-0.4, -0.2) is 22.6 Å². The smallest absolute Gasteiger partial charge is 0.328 e. The van der Waals surface area contributed by atoms with Crippen molar-refractivity contribution in [3.05, 3.63) is 23.8 Å². The molecule has 1 heterocycles. The van der Waals surface area contributed by atoms with Gasteiger partial charge in [-0.25, -0.2) is 4.79 Å². The molecule has 0 unspecified atom stereocenters. The van der Waals surface area contributed by atoms with Gasteiger partial charge in [0.25, 0.3) is 0 Å².